The van der Waals surface area contributed by atoms with Crippen LogP contribution in [0.15, 0.2) is 61.2 Å². The highest BCUT2D eigenvalue weighted by Crippen LogP contribution is 2.29. The monoisotopic (exact) mass is 521 g/mol. The fraction of sp³-hybridized carbons (Fsp3) is 0.296. The van der Waals surface area contributed by atoms with Gasteiger partial charge >= 0.3 is 6.18 Å². The molecule has 4 aromatic rings. The first-order valence-electron chi connectivity index (χ1n) is 12.1. The maximum Gasteiger partial charge on any atom is 0.416 e. The predicted molar refractivity (Wildman–Crippen MR) is 136 cm³/mol. The lowest BCUT2D eigenvalue weighted by molar-refractivity contribution is -0.137. The number of anilines is 1. The molecule has 0 atom stereocenters. The number of halogens is 3. The number of Topliss-reactive ketones (excluding diaryl/α,β-unsaturated/α-hetero) is 1. The summed E-state index contributed by atoms with van der Waals surface area (Å²) >= 11 is 0. The molecule has 5 rings (SSSR count). The summed E-state index contributed by atoms with van der Waals surface area (Å²) < 4.78 is 40.7. The van der Waals surface area contributed by atoms with Crippen molar-refractivity contribution < 1.29 is 18.0 Å². The largest absolute Gasteiger partial charge is 0.416 e. The topological polar surface area (TPSA) is 80.0 Å². The van der Waals surface area contributed by atoms with Crippen molar-refractivity contribution in [2.75, 3.05) is 38.1 Å². The van der Waals surface area contributed by atoms with E-state index >= 15 is 0 Å². The van der Waals surface area contributed by atoms with E-state index in [9.17, 15) is 18.0 Å². The van der Waals surface area contributed by atoms with Crippen molar-refractivity contribution in [2.24, 2.45) is 0 Å². The summed E-state index contributed by atoms with van der Waals surface area (Å²) in [7, 11) is 2.11. The van der Waals surface area contributed by atoms with Gasteiger partial charge in [0.15, 0.2) is 5.78 Å². The van der Waals surface area contributed by atoms with Crippen LogP contribution in [0.5, 0.6) is 0 Å². The number of likely N-dealkylation sites (N-methyl/N-ethyl adjacent to an activating group) is 1. The summed E-state index contributed by atoms with van der Waals surface area (Å²) in [6.07, 6.45) is 1.76. The number of piperazine rings is 1. The lowest BCUT2D eigenvalue weighted by Crippen LogP contribution is -2.44. The first kappa shape index (κ1) is 25.5. The number of carbonyl (C=O) groups excluding carboxylic acids is 1. The number of pyridine rings is 2. The number of alkyl halides is 3. The predicted octanol–water partition coefficient (Wildman–Crippen LogP) is 4.23. The quantitative estimate of drug-likeness (QED) is 0.352. The Kier molecular flexibility index (Phi) is 6.94. The average Bonchev–Trinajstić information content (AvgIpc) is 3.40. The highest BCUT2D eigenvalue weighted by atomic mass is 19.4. The molecule has 1 saturated heterocycles. The fourth-order valence-corrected chi connectivity index (χ4v) is 4.37. The van der Waals surface area contributed by atoms with Gasteiger partial charge in [-0.1, -0.05) is 17.3 Å². The van der Waals surface area contributed by atoms with Gasteiger partial charge in [0.05, 0.1) is 29.3 Å². The minimum absolute atomic E-state index is 0.0971. The fourth-order valence-electron chi connectivity index (χ4n) is 4.37. The summed E-state index contributed by atoms with van der Waals surface area (Å²) in [4.78, 5) is 25.6. The molecule has 0 N–H and O–H groups in total. The Balaban J connectivity index is 1.36. The van der Waals surface area contributed by atoms with E-state index in [1.807, 2.05) is 19.2 Å². The van der Waals surface area contributed by atoms with E-state index in [-0.39, 0.29) is 12.1 Å². The van der Waals surface area contributed by atoms with Crippen molar-refractivity contribution in [2.45, 2.75) is 19.5 Å². The van der Waals surface area contributed by atoms with Gasteiger partial charge in [-0.3, -0.25) is 14.8 Å². The van der Waals surface area contributed by atoms with Crippen LogP contribution in [0.3, 0.4) is 0 Å². The van der Waals surface area contributed by atoms with Gasteiger partial charge in [-0.05, 0) is 49.4 Å². The molecular weight excluding hydrogens is 495 g/mol. The molecule has 0 bridgehead atoms. The van der Waals surface area contributed by atoms with E-state index in [4.69, 9.17) is 0 Å². The van der Waals surface area contributed by atoms with Gasteiger partial charge in [-0.15, -0.1) is 5.10 Å². The minimum atomic E-state index is -4.54. The molecule has 3 aromatic heterocycles. The summed E-state index contributed by atoms with van der Waals surface area (Å²) in [6.45, 7) is 5.74. The van der Waals surface area contributed by atoms with E-state index in [0.29, 0.717) is 16.9 Å². The highest BCUT2D eigenvalue weighted by Gasteiger charge is 2.31. The second-order valence-corrected chi connectivity index (χ2v) is 9.42. The number of ketones is 1. The Morgan fingerprint density at radius 3 is 2.58 bits per heavy atom. The van der Waals surface area contributed by atoms with Crippen molar-refractivity contribution in [3.8, 4) is 16.9 Å². The minimum Gasteiger partial charge on any atom is -0.368 e. The Morgan fingerprint density at radius 1 is 1.03 bits per heavy atom. The molecule has 0 unspecified atom stereocenters. The third-order valence-electron chi connectivity index (χ3n) is 6.64. The molecule has 1 aliphatic rings. The van der Waals surface area contributed by atoms with Crippen LogP contribution in [0.25, 0.3) is 16.9 Å². The van der Waals surface area contributed by atoms with E-state index in [1.54, 1.807) is 29.2 Å². The Morgan fingerprint density at radius 2 is 1.82 bits per heavy atom. The van der Waals surface area contributed by atoms with Crippen molar-refractivity contribution >= 4 is 11.5 Å². The van der Waals surface area contributed by atoms with Gasteiger partial charge in [-0.2, -0.15) is 13.2 Å². The Bertz CT molecular complexity index is 1460. The maximum absolute atomic E-state index is 13.0. The second kappa shape index (κ2) is 10.3. The molecule has 11 heteroatoms. The van der Waals surface area contributed by atoms with Crippen LogP contribution in [-0.4, -0.2) is 68.9 Å². The molecule has 8 nitrogen and oxygen atoms in total. The number of aryl methyl sites for hydroxylation is 1. The van der Waals surface area contributed by atoms with Gasteiger partial charge < -0.3 is 9.80 Å². The summed E-state index contributed by atoms with van der Waals surface area (Å²) in [5, 5.41) is 8.63. The molecular formula is C27H26F3N7O. The van der Waals surface area contributed by atoms with Gasteiger partial charge in [-0.25, -0.2) is 4.68 Å². The molecule has 4 heterocycles. The van der Waals surface area contributed by atoms with Crippen LogP contribution in [-0.2, 0) is 12.6 Å². The zero-order valence-electron chi connectivity index (χ0n) is 21.0. The van der Waals surface area contributed by atoms with Crippen LogP contribution < -0.4 is 4.90 Å². The standard InChI is InChI=1S/C27H26F3N7O/c1-18-3-4-19(12-26(38)23-14-21(5-6-32-23)27(28,29)30)11-25(18)37-17-24(33-34-37)20-13-22(16-31-15-20)36-9-7-35(2)8-10-36/h3-6,11,13-17H,7-10,12H2,1-2H3. The number of hydrogen-bond acceptors (Lipinski definition) is 7. The van der Waals surface area contributed by atoms with Crippen molar-refractivity contribution in [3.05, 3.63) is 83.6 Å². The van der Waals surface area contributed by atoms with Crippen LogP contribution in [0.2, 0.25) is 0 Å². The molecule has 196 valence electrons. The van der Waals surface area contributed by atoms with Crippen molar-refractivity contribution in [1.29, 1.82) is 0 Å². The molecule has 0 amide bonds. The van der Waals surface area contributed by atoms with Gasteiger partial charge in [0.1, 0.15) is 11.4 Å². The van der Waals surface area contributed by atoms with Crippen LogP contribution in [0.4, 0.5) is 18.9 Å². The molecule has 0 aliphatic carbocycles. The number of rotatable bonds is 6. The van der Waals surface area contributed by atoms with Crippen LogP contribution >= 0.6 is 0 Å². The number of benzene rings is 1. The highest BCUT2D eigenvalue weighted by molar-refractivity contribution is 5.96. The van der Waals surface area contributed by atoms with Gasteiger partial charge in [0, 0.05) is 50.6 Å². The van der Waals surface area contributed by atoms with E-state index in [0.717, 1.165) is 61.3 Å². The van der Waals surface area contributed by atoms with Gasteiger partial charge in [0.25, 0.3) is 0 Å². The van der Waals surface area contributed by atoms with E-state index in [2.05, 4.69) is 43.2 Å². The number of hydrogen-bond donors (Lipinski definition) is 0. The first-order valence-corrected chi connectivity index (χ1v) is 12.1. The first-order chi connectivity index (χ1) is 18.2. The number of carbonyl (C=O) groups is 1. The zero-order chi connectivity index (χ0) is 26.9. The van der Waals surface area contributed by atoms with Crippen molar-refractivity contribution in [1.82, 2.24) is 29.9 Å². The zero-order valence-corrected chi connectivity index (χ0v) is 21.0. The van der Waals surface area contributed by atoms with Crippen molar-refractivity contribution in [3.63, 3.8) is 0 Å². The summed E-state index contributed by atoms with van der Waals surface area (Å²) in [6, 6.07) is 9.08. The Hall–Kier alpha value is -4.12. The third-order valence-corrected chi connectivity index (χ3v) is 6.64. The molecule has 38 heavy (non-hydrogen) atoms. The SMILES string of the molecule is Cc1ccc(CC(=O)c2cc(C(F)(F)F)ccn2)cc1-n1cc(-c2cncc(N3CCN(C)CC3)c2)nn1. The maximum atomic E-state index is 13.0. The molecule has 0 radical (unpaired) electrons. The lowest BCUT2D eigenvalue weighted by atomic mass is 10.0. The number of aromatic nitrogens is 5. The molecule has 0 saturated carbocycles. The molecule has 1 aliphatic heterocycles. The second-order valence-electron chi connectivity index (χ2n) is 9.42. The molecule has 1 aromatic carbocycles. The van der Waals surface area contributed by atoms with Crippen LogP contribution in [0.1, 0.15) is 27.2 Å². The van der Waals surface area contributed by atoms with E-state index in [1.165, 1.54) is 0 Å². The lowest BCUT2D eigenvalue weighted by Gasteiger charge is -2.33. The normalized spacial score (nSPS) is 14.6. The smallest absolute Gasteiger partial charge is 0.368 e. The summed E-state index contributed by atoms with van der Waals surface area (Å²) in [5.74, 6) is -0.503. The Labute approximate surface area is 217 Å². The molecule has 0 spiro atoms. The summed E-state index contributed by atoms with van der Waals surface area (Å²) in [5.41, 5.74) is 3.65. The molecule has 1 fully saturated rings. The van der Waals surface area contributed by atoms with E-state index < -0.39 is 17.5 Å². The number of nitrogens with zero attached hydrogens (tertiary/aromatic N) is 7. The third kappa shape index (κ3) is 5.57. The average molecular weight is 522 g/mol. The van der Waals surface area contributed by atoms with Gasteiger partial charge in [0.2, 0.25) is 0 Å². The van der Waals surface area contributed by atoms with Crippen LogP contribution in [0, 0.1) is 6.92 Å².